The quantitative estimate of drug-likeness (QED) is 0.859. The van der Waals surface area contributed by atoms with Gasteiger partial charge in [0.25, 0.3) is 0 Å². The topological polar surface area (TPSA) is 78.8 Å². The second-order valence-electron chi connectivity index (χ2n) is 5.37. The number of rotatable bonds is 3. The maximum Gasteiger partial charge on any atom is 0.407 e. The summed E-state index contributed by atoms with van der Waals surface area (Å²) in [6.07, 6.45) is 0.829. The number of amides is 1. The van der Waals surface area contributed by atoms with Crippen LogP contribution < -0.4 is 9.64 Å². The van der Waals surface area contributed by atoms with Gasteiger partial charge in [-0.3, -0.25) is 0 Å². The number of methoxy groups -OCH3 is 1. The molecule has 7 nitrogen and oxygen atoms in total. The second kappa shape index (κ2) is 6.92. The van der Waals surface area contributed by atoms with Crippen molar-refractivity contribution in [3.8, 4) is 17.0 Å². The predicted octanol–water partition coefficient (Wildman–Crippen LogP) is 2.61. The van der Waals surface area contributed by atoms with Crippen LogP contribution in [-0.4, -0.2) is 59.4 Å². The molecule has 1 aliphatic rings. The Morgan fingerprint density at radius 2 is 2.00 bits per heavy atom. The number of ether oxygens (including phenoxy) is 1. The third-order valence-corrected chi connectivity index (χ3v) is 4.11. The summed E-state index contributed by atoms with van der Waals surface area (Å²) in [7, 11) is 1.58. The monoisotopic (exact) mass is 348 g/mol. The number of piperazine rings is 1. The zero-order valence-electron chi connectivity index (χ0n) is 13.1. The van der Waals surface area contributed by atoms with Crippen molar-refractivity contribution in [3.63, 3.8) is 0 Å². The zero-order chi connectivity index (χ0) is 17.1. The summed E-state index contributed by atoms with van der Waals surface area (Å²) in [5, 5.41) is 9.38. The molecule has 3 rings (SSSR count). The highest BCUT2D eigenvalue weighted by molar-refractivity contribution is 6.29. The molecular formula is C16H17ClN4O3. The fraction of sp³-hybridized carbons (Fsp3) is 0.312. The first-order valence-electron chi connectivity index (χ1n) is 7.47. The van der Waals surface area contributed by atoms with Gasteiger partial charge in [0.1, 0.15) is 16.7 Å². The molecule has 126 valence electrons. The molecule has 1 N–H and O–H groups in total. The van der Waals surface area contributed by atoms with Crippen molar-refractivity contribution >= 4 is 23.5 Å². The number of anilines is 1. The molecule has 8 heteroatoms. The number of hydrogen-bond acceptors (Lipinski definition) is 5. The molecule has 0 radical (unpaired) electrons. The van der Waals surface area contributed by atoms with Gasteiger partial charge in [-0.15, -0.1) is 0 Å². The predicted molar refractivity (Wildman–Crippen MR) is 90.8 cm³/mol. The van der Waals surface area contributed by atoms with Crippen LogP contribution in [0.15, 0.2) is 30.5 Å². The lowest BCUT2D eigenvalue weighted by molar-refractivity contribution is 0.142. The molecule has 2 aromatic heterocycles. The van der Waals surface area contributed by atoms with Gasteiger partial charge in [-0.1, -0.05) is 11.6 Å². The first-order chi connectivity index (χ1) is 11.6. The van der Waals surface area contributed by atoms with Crippen molar-refractivity contribution in [1.29, 1.82) is 0 Å². The molecule has 0 saturated carbocycles. The molecule has 3 heterocycles. The number of aromatic nitrogens is 2. The van der Waals surface area contributed by atoms with Gasteiger partial charge in [0.2, 0.25) is 0 Å². The van der Waals surface area contributed by atoms with E-state index < -0.39 is 6.09 Å². The average molecular weight is 349 g/mol. The summed E-state index contributed by atoms with van der Waals surface area (Å²) in [5.74, 6) is 1.43. The van der Waals surface area contributed by atoms with E-state index in [1.54, 1.807) is 19.4 Å². The van der Waals surface area contributed by atoms with E-state index >= 15 is 0 Å². The Labute approximate surface area is 144 Å². The lowest BCUT2D eigenvalue weighted by Crippen LogP contribution is -2.48. The number of carboxylic acid groups (broad SMARTS) is 1. The van der Waals surface area contributed by atoms with Crippen LogP contribution >= 0.6 is 11.6 Å². The van der Waals surface area contributed by atoms with Gasteiger partial charge in [-0.05, 0) is 12.1 Å². The Balaban J connectivity index is 1.82. The normalized spacial score (nSPS) is 14.6. The van der Waals surface area contributed by atoms with Gasteiger partial charge in [0, 0.05) is 50.1 Å². The molecule has 0 spiro atoms. The van der Waals surface area contributed by atoms with E-state index in [9.17, 15) is 4.79 Å². The highest BCUT2D eigenvalue weighted by Crippen LogP contribution is 2.27. The average Bonchev–Trinajstić information content (AvgIpc) is 2.61. The minimum absolute atomic E-state index is 0.359. The van der Waals surface area contributed by atoms with Crippen molar-refractivity contribution < 1.29 is 14.6 Å². The van der Waals surface area contributed by atoms with E-state index in [1.807, 2.05) is 18.2 Å². The van der Waals surface area contributed by atoms with Crippen molar-refractivity contribution in [2.45, 2.75) is 0 Å². The van der Waals surface area contributed by atoms with Crippen molar-refractivity contribution in [2.75, 3.05) is 38.2 Å². The van der Waals surface area contributed by atoms with E-state index in [2.05, 4.69) is 14.9 Å². The summed E-state index contributed by atoms with van der Waals surface area (Å²) < 4.78 is 5.23. The molecule has 0 bridgehead atoms. The van der Waals surface area contributed by atoms with Crippen molar-refractivity contribution in [3.05, 3.63) is 35.6 Å². The molecular weight excluding hydrogens is 332 g/mol. The summed E-state index contributed by atoms with van der Waals surface area (Å²) >= 11 is 6.03. The lowest BCUT2D eigenvalue weighted by Gasteiger charge is -2.33. The smallest absolute Gasteiger partial charge is 0.407 e. The minimum atomic E-state index is -0.883. The minimum Gasteiger partial charge on any atom is -0.497 e. The number of nitrogens with zero attached hydrogens (tertiary/aromatic N) is 4. The van der Waals surface area contributed by atoms with Crippen LogP contribution in [0.25, 0.3) is 11.3 Å². The Morgan fingerprint density at radius 1 is 1.25 bits per heavy atom. The van der Waals surface area contributed by atoms with Gasteiger partial charge in [-0.2, -0.15) is 0 Å². The molecule has 0 aliphatic carbocycles. The fourth-order valence-corrected chi connectivity index (χ4v) is 2.82. The molecule has 0 aromatic carbocycles. The van der Waals surface area contributed by atoms with E-state index in [1.165, 1.54) is 4.90 Å². The number of pyridine rings is 2. The highest BCUT2D eigenvalue weighted by atomic mass is 35.5. The third-order valence-electron chi connectivity index (χ3n) is 3.92. The largest absolute Gasteiger partial charge is 0.497 e. The first-order valence-corrected chi connectivity index (χ1v) is 7.85. The second-order valence-corrected chi connectivity index (χ2v) is 5.76. The fourth-order valence-electron chi connectivity index (χ4n) is 2.62. The maximum atomic E-state index is 11.0. The highest BCUT2D eigenvalue weighted by Gasteiger charge is 2.21. The number of halogens is 1. The van der Waals surface area contributed by atoms with Crippen LogP contribution in [0.4, 0.5) is 10.6 Å². The van der Waals surface area contributed by atoms with E-state index in [4.69, 9.17) is 21.4 Å². The van der Waals surface area contributed by atoms with Gasteiger partial charge in [-0.25, -0.2) is 14.8 Å². The molecule has 1 saturated heterocycles. The van der Waals surface area contributed by atoms with Crippen LogP contribution in [0.5, 0.6) is 5.75 Å². The van der Waals surface area contributed by atoms with Gasteiger partial charge in [0.05, 0.1) is 12.8 Å². The lowest BCUT2D eigenvalue weighted by atomic mass is 10.1. The van der Waals surface area contributed by atoms with Crippen molar-refractivity contribution in [1.82, 2.24) is 14.9 Å². The molecule has 0 atom stereocenters. The van der Waals surface area contributed by atoms with Crippen LogP contribution in [0.1, 0.15) is 0 Å². The molecule has 1 amide bonds. The molecule has 1 aliphatic heterocycles. The van der Waals surface area contributed by atoms with Crippen LogP contribution in [0, 0.1) is 0 Å². The van der Waals surface area contributed by atoms with E-state index in [-0.39, 0.29) is 0 Å². The Kier molecular flexibility index (Phi) is 4.71. The SMILES string of the molecule is COc1cc(Cl)nc(-c2ccnc(N3CCN(C(=O)O)CC3)c2)c1. The Morgan fingerprint density at radius 3 is 2.67 bits per heavy atom. The molecule has 2 aromatic rings. The Hall–Kier alpha value is -2.54. The van der Waals surface area contributed by atoms with Crippen molar-refractivity contribution in [2.24, 2.45) is 0 Å². The molecule has 1 fully saturated rings. The molecule has 24 heavy (non-hydrogen) atoms. The van der Waals surface area contributed by atoms with Gasteiger partial charge < -0.3 is 19.6 Å². The summed E-state index contributed by atoms with van der Waals surface area (Å²) in [4.78, 5) is 23.2. The van der Waals surface area contributed by atoms with E-state index in [0.717, 1.165) is 11.4 Å². The maximum absolute atomic E-state index is 11.0. The van der Waals surface area contributed by atoms with Gasteiger partial charge in [0.15, 0.2) is 0 Å². The van der Waals surface area contributed by atoms with E-state index in [0.29, 0.717) is 42.8 Å². The summed E-state index contributed by atoms with van der Waals surface area (Å²) in [6, 6.07) is 7.25. The zero-order valence-corrected chi connectivity index (χ0v) is 13.9. The first kappa shape index (κ1) is 16.3. The van der Waals surface area contributed by atoms with Crippen LogP contribution in [0.3, 0.4) is 0 Å². The molecule has 0 unspecified atom stereocenters. The summed E-state index contributed by atoms with van der Waals surface area (Å²) in [5.41, 5.74) is 1.58. The third kappa shape index (κ3) is 3.51. The van der Waals surface area contributed by atoms with Crippen LogP contribution in [-0.2, 0) is 0 Å². The number of hydrogen-bond donors (Lipinski definition) is 1. The Bertz CT molecular complexity index is 748. The summed E-state index contributed by atoms with van der Waals surface area (Å²) in [6.45, 7) is 2.14. The standard InChI is InChI=1S/C16H17ClN4O3/c1-24-12-9-13(19-14(17)10-12)11-2-3-18-15(8-11)20-4-6-21(7-5-20)16(22)23/h2-3,8-10H,4-7H2,1H3,(H,22,23). The van der Waals surface area contributed by atoms with Gasteiger partial charge >= 0.3 is 6.09 Å². The number of carbonyl (C=O) groups is 1. The van der Waals surface area contributed by atoms with Crippen LogP contribution in [0.2, 0.25) is 5.15 Å².